The normalized spacial score (nSPS) is 10.5. The summed E-state index contributed by atoms with van der Waals surface area (Å²) in [5.41, 5.74) is 8.97. The maximum atomic E-state index is 5.99. The summed E-state index contributed by atoms with van der Waals surface area (Å²) in [6, 6.07) is 6.07. The predicted molar refractivity (Wildman–Crippen MR) is 62.1 cm³/mol. The van der Waals surface area contributed by atoms with Crippen molar-refractivity contribution >= 4 is 5.69 Å². The van der Waals surface area contributed by atoms with E-state index in [4.69, 9.17) is 5.73 Å². The van der Waals surface area contributed by atoms with E-state index in [0.29, 0.717) is 0 Å². The van der Waals surface area contributed by atoms with E-state index < -0.39 is 0 Å². The lowest BCUT2D eigenvalue weighted by atomic mass is 10.2. The van der Waals surface area contributed by atoms with Crippen LogP contribution in [0.2, 0.25) is 0 Å². The molecule has 78 valence electrons. The first-order valence-electron chi connectivity index (χ1n) is 5.11. The van der Waals surface area contributed by atoms with Crippen LogP contribution in [0.15, 0.2) is 30.6 Å². The number of anilines is 1. The van der Waals surface area contributed by atoms with Crippen LogP contribution in [0.25, 0.3) is 5.69 Å². The van der Waals surface area contributed by atoms with E-state index in [-0.39, 0.29) is 0 Å². The van der Waals surface area contributed by atoms with Gasteiger partial charge in [-0.1, -0.05) is 13.0 Å². The van der Waals surface area contributed by atoms with Gasteiger partial charge in [0.1, 0.15) is 5.82 Å². The van der Waals surface area contributed by atoms with E-state index in [0.717, 1.165) is 23.6 Å². The van der Waals surface area contributed by atoms with Crippen LogP contribution < -0.4 is 5.73 Å². The predicted octanol–water partition coefficient (Wildman–Crippen LogP) is 2.33. The zero-order valence-corrected chi connectivity index (χ0v) is 9.07. The second kappa shape index (κ2) is 3.77. The third kappa shape index (κ3) is 1.73. The summed E-state index contributed by atoms with van der Waals surface area (Å²) in [5, 5.41) is 0. The molecule has 15 heavy (non-hydrogen) atoms. The van der Waals surface area contributed by atoms with Gasteiger partial charge in [-0.3, -0.25) is 0 Å². The Kier molecular flexibility index (Phi) is 2.46. The first kappa shape index (κ1) is 9.77. The number of aromatic nitrogens is 2. The molecule has 2 rings (SSSR count). The number of hydrogen-bond donors (Lipinski definition) is 1. The van der Waals surface area contributed by atoms with Gasteiger partial charge >= 0.3 is 0 Å². The molecule has 0 aliphatic carbocycles. The fraction of sp³-hybridized carbons (Fsp3) is 0.250. The Bertz CT molecular complexity index is 471. The van der Waals surface area contributed by atoms with Gasteiger partial charge in [0, 0.05) is 18.8 Å². The molecule has 0 fully saturated rings. The van der Waals surface area contributed by atoms with Crippen molar-refractivity contribution in [3.63, 3.8) is 0 Å². The van der Waals surface area contributed by atoms with Crippen molar-refractivity contribution in [2.24, 2.45) is 0 Å². The molecular formula is C12H15N3. The molecule has 0 aliphatic heterocycles. The van der Waals surface area contributed by atoms with Gasteiger partial charge in [0.25, 0.3) is 0 Å². The largest absolute Gasteiger partial charge is 0.397 e. The average Bonchev–Trinajstić information content (AvgIpc) is 2.65. The van der Waals surface area contributed by atoms with Crippen LogP contribution >= 0.6 is 0 Å². The Hall–Kier alpha value is -1.77. The monoisotopic (exact) mass is 201 g/mol. The molecule has 3 nitrogen and oxygen atoms in total. The van der Waals surface area contributed by atoms with Gasteiger partial charge < -0.3 is 10.3 Å². The minimum atomic E-state index is 0.794. The van der Waals surface area contributed by atoms with Gasteiger partial charge in [0.2, 0.25) is 0 Å². The Balaban J connectivity index is 2.54. The van der Waals surface area contributed by atoms with Crippen LogP contribution in [-0.4, -0.2) is 9.55 Å². The minimum absolute atomic E-state index is 0.794. The molecule has 0 unspecified atom stereocenters. The third-order valence-electron chi connectivity index (χ3n) is 2.48. The van der Waals surface area contributed by atoms with Gasteiger partial charge in [-0.25, -0.2) is 4.98 Å². The fourth-order valence-corrected chi connectivity index (χ4v) is 1.71. The smallest absolute Gasteiger partial charge is 0.112 e. The number of aryl methyl sites for hydroxylation is 2. The van der Waals surface area contributed by atoms with Crippen LogP contribution in [0.1, 0.15) is 18.3 Å². The molecule has 2 aromatic rings. The van der Waals surface area contributed by atoms with E-state index in [1.54, 1.807) is 6.20 Å². The van der Waals surface area contributed by atoms with Gasteiger partial charge in [-0.15, -0.1) is 0 Å². The van der Waals surface area contributed by atoms with Gasteiger partial charge in [0.05, 0.1) is 11.4 Å². The number of hydrogen-bond acceptors (Lipinski definition) is 2. The molecule has 3 heteroatoms. The molecule has 2 N–H and O–H groups in total. The lowest BCUT2D eigenvalue weighted by Gasteiger charge is -2.10. The summed E-state index contributed by atoms with van der Waals surface area (Å²) in [7, 11) is 0. The Morgan fingerprint density at radius 1 is 1.40 bits per heavy atom. The third-order valence-corrected chi connectivity index (χ3v) is 2.48. The van der Waals surface area contributed by atoms with E-state index >= 15 is 0 Å². The van der Waals surface area contributed by atoms with Crippen molar-refractivity contribution in [1.29, 1.82) is 0 Å². The van der Waals surface area contributed by atoms with Crippen molar-refractivity contribution < 1.29 is 0 Å². The molecule has 0 saturated carbocycles. The highest BCUT2D eigenvalue weighted by Gasteiger charge is 2.05. The van der Waals surface area contributed by atoms with E-state index in [1.807, 2.05) is 29.8 Å². The zero-order valence-electron chi connectivity index (χ0n) is 9.07. The lowest BCUT2D eigenvalue weighted by Crippen LogP contribution is -2.03. The van der Waals surface area contributed by atoms with Crippen LogP contribution in [0, 0.1) is 6.92 Å². The second-order valence-electron chi connectivity index (χ2n) is 3.63. The van der Waals surface area contributed by atoms with Crippen LogP contribution in [0.3, 0.4) is 0 Å². The second-order valence-corrected chi connectivity index (χ2v) is 3.63. The Labute approximate surface area is 89.6 Å². The van der Waals surface area contributed by atoms with Crippen molar-refractivity contribution in [2.75, 3.05) is 5.73 Å². The van der Waals surface area contributed by atoms with Gasteiger partial charge in [-0.2, -0.15) is 0 Å². The summed E-state index contributed by atoms with van der Waals surface area (Å²) in [6.45, 7) is 4.12. The molecule has 1 aromatic heterocycles. The average molecular weight is 201 g/mol. The summed E-state index contributed by atoms with van der Waals surface area (Å²) >= 11 is 0. The topological polar surface area (TPSA) is 43.8 Å². The molecule has 1 aromatic carbocycles. The summed E-state index contributed by atoms with van der Waals surface area (Å²) < 4.78 is 2.04. The number of benzene rings is 1. The molecule has 0 bridgehead atoms. The molecule has 0 radical (unpaired) electrons. The maximum absolute atomic E-state index is 5.99. The van der Waals surface area contributed by atoms with Crippen LogP contribution in [0.5, 0.6) is 0 Å². The minimum Gasteiger partial charge on any atom is -0.397 e. The highest BCUT2D eigenvalue weighted by molar-refractivity contribution is 5.59. The number of nitrogens with zero attached hydrogens (tertiary/aromatic N) is 2. The zero-order chi connectivity index (χ0) is 10.8. The number of rotatable bonds is 2. The van der Waals surface area contributed by atoms with E-state index in [2.05, 4.69) is 18.0 Å². The van der Waals surface area contributed by atoms with Crippen molar-refractivity contribution in [3.05, 3.63) is 42.0 Å². The summed E-state index contributed by atoms with van der Waals surface area (Å²) in [6.07, 6.45) is 4.65. The van der Waals surface area contributed by atoms with Crippen molar-refractivity contribution in [3.8, 4) is 5.69 Å². The standard InChI is InChI=1S/C12H15N3/c1-3-12-14-6-7-15(12)11-5-4-9(2)8-10(11)13/h4-8H,3,13H2,1-2H3. The Morgan fingerprint density at radius 2 is 2.20 bits per heavy atom. The first-order chi connectivity index (χ1) is 7.22. The molecular weight excluding hydrogens is 186 g/mol. The molecule has 0 aliphatic rings. The van der Waals surface area contributed by atoms with E-state index in [1.165, 1.54) is 5.56 Å². The van der Waals surface area contributed by atoms with Crippen LogP contribution in [0.4, 0.5) is 5.69 Å². The quantitative estimate of drug-likeness (QED) is 0.758. The number of nitrogens with two attached hydrogens (primary N) is 1. The molecule has 0 spiro atoms. The SMILES string of the molecule is CCc1nccn1-c1ccc(C)cc1N. The Morgan fingerprint density at radius 3 is 2.87 bits per heavy atom. The lowest BCUT2D eigenvalue weighted by molar-refractivity contribution is 0.892. The molecule has 1 heterocycles. The summed E-state index contributed by atoms with van der Waals surface area (Å²) in [4.78, 5) is 4.28. The first-order valence-corrected chi connectivity index (χ1v) is 5.11. The van der Waals surface area contributed by atoms with Gasteiger partial charge in [-0.05, 0) is 24.6 Å². The molecule has 0 atom stereocenters. The summed E-state index contributed by atoms with van der Waals surface area (Å²) in [5.74, 6) is 1.03. The van der Waals surface area contributed by atoms with E-state index in [9.17, 15) is 0 Å². The molecule has 0 amide bonds. The highest BCUT2D eigenvalue weighted by Crippen LogP contribution is 2.20. The highest BCUT2D eigenvalue weighted by atomic mass is 15.1. The van der Waals surface area contributed by atoms with Gasteiger partial charge in [0.15, 0.2) is 0 Å². The number of nitrogen functional groups attached to an aromatic ring is 1. The maximum Gasteiger partial charge on any atom is 0.112 e. The molecule has 0 saturated heterocycles. The van der Waals surface area contributed by atoms with Crippen LogP contribution in [-0.2, 0) is 6.42 Å². The number of imidazole rings is 1. The van der Waals surface area contributed by atoms with Crippen molar-refractivity contribution in [2.45, 2.75) is 20.3 Å². The van der Waals surface area contributed by atoms with Crippen molar-refractivity contribution in [1.82, 2.24) is 9.55 Å². The fourth-order valence-electron chi connectivity index (χ4n) is 1.71.